The highest BCUT2D eigenvalue weighted by Gasteiger charge is 2.05. The molecule has 0 aliphatic heterocycles. The Hall–Kier alpha value is -1.03. The summed E-state index contributed by atoms with van der Waals surface area (Å²) in [6.45, 7) is 0.715. The predicted octanol–water partition coefficient (Wildman–Crippen LogP) is 4.61. The Morgan fingerprint density at radius 3 is 2.56 bits per heavy atom. The first-order valence-electron chi connectivity index (χ1n) is 5.55. The van der Waals surface area contributed by atoms with Gasteiger partial charge in [-0.3, -0.25) is 0 Å². The molecule has 0 bridgehead atoms. The first-order chi connectivity index (χ1) is 8.69. The molecule has 2 aromatic carbocycles. The summed E-state index contributed by atoms with van der Waals surface area (Å²) in [4.78, 5) is 0. The molecule has 0 aliphatic rings. The SMILES string of the molecule is CNCc1cc(Cl)ccc1Oc1ccc(Br)cc1. The molecule has 0 saturated carbocycles. The molecule has 18 heavy (non-hydrogen) atoms. The van der Waals surface area contributed by atoms with Crippen LogP contribution in [0.2, 0.25) is 5.02 Å². The van der Waals surface area contributed by atoms with Gasteiger partial charge < -0.3 is 10.1 Å². The van der Waals surface area contributed by atoms with Gasteiger partial charge in [0.15, 0.2) is 0 Å². The van der Waals surface area contributed by atoms with Crippen molar-refractivity contribution in [3.05, 3.63) is 57.5 Å². The smallest absolute Gasteiger partial charge is 0.132 e. The monoisotopic (exact) mass is 325 g/mol. The largest absolute Gasteiger partial charge is 0.457 e. The van der Waals surface area contributed by atoms with Crippen molar-refractivity contribution in [2.75, 3.05) is 7.05 Å². The zero-order valence-corrected chi connectivity index (χ0v) is 12.3. The van der Waals surface area contributed by atoms with Crippen molar-refractivity contribution in [3.63, 3.8) is 0 Å². The molecule has 0 unspecified atom stereocenters. The highest BCUT2D eigenvalue weighted by molar-refractivity contribution is 9.10. The summed E-state index contributed by atoms with van der Waals surface area (Å²) in [5, 5.41) is 3.81. The Labute approximate surface area is 120 Å². The van der Waals surface area contributed by atoms with Crippen LogP contribution in [-0.4, -0.2) is 7.05 Å². The molecule has 0 saturated heterocycles. The van der Waals surface area contributed by atoms with E-state index in [0.29, 0.717) is 11.6 Å². The van der Waals surface area contributed by atoms with Crippen LogP contribution in [0.4, 0.5) is 0 Å². The summed E-state index contributed by atoms with van der Waals surface area (Å²) in [6.07, 6.45) is 0. The van der Waals surface area contributed by atoms with Crippen molar-refractivity contribution < 1.29 is 4.74 Å². The van der Waals surface area contributed by atoms with Crippen molar-refractivity contribution in [1.82, 2.24) is 5.32 Å². The first kappa shape index (κ1) is 13.4. The minimum Gasteiger partial charge on any atom is -0.457 e. The maximum absolute atomic E-state index is 5.99. The van der Waals surface area contributed by atoms with Gasteiger partial charge in [-0.15, -0.1) is 0 Å². The lowest BCUT2D eigenvalue weighted by atomic mass is 10.2. The Morgan fingerprint density at radius 2 is 1.89 bits per heavy atom. The van der Waals surface area contributed by atoms with Crippen LogP contribution in [0.5, 0.6) is 11.5 Å². The number of ether oxygens (including phenoxy) is 1. The van der Waals surface area contributed by atoms with E-state index in [9.17, 15) is 0 Å². The second kappa shape index (κ2) is 6.23. The van der Waals surface area contributed by atoms with E-state index in [-0.39, 0.29) is 0 Å². The van der Waals surface area contributed by atoms with Gasteiger partial charge in [0, 0.05) is 21.6 Å². The van der Waals surface area contributed by atoms with E-state index in [2.05, 4.69) is 21.2 Å². The predicted molar refractivity (Wildman–Crippen MR) is 78.4 cm³/mol. The van der Waals surface area contributed by atoms with Crippen LogP contribution in [0.1, 0.15) is 5.56 Å². The first-order valence-corrected chi connectivity index (χ1v) is 6.72. The summed E-state index contributed by atoms with van der Waals surface area (Å²) in [5.41, 5.74) is 1.04. The molecule has 4 heteroatoms. The fourth-order valence-corrected chi connectivity index (χ4v) is 2.06. The van der Waals surface area contributed by atoms with Crippen LogP contribution in [0.25, 0.3) is 0 Å². The zero-order chi connectivity index (χ0) is 13.0. The molecular weight excluding hydrogens is 314 g/mol. The fraction of sp³-hybridized carbons (Fsp3) is 0.143. The number of benzene rings is 2. The molecule has 0 radical (unpaired) electrons. The quantitative estimate of drug-likeness (QED) is 0.885. The average Bonchev–Trinajstić information content (AvgIpc) is 2.36. The normalized spacial score (nSPS) is 10.4. The third-order valence-corrected chi connectivity index (χ3v) is 3.19. The van der Waals surface area contributed by atoms with Crippen LogP contribution < -0.4 is 10.1 Å². The molecule has 2 aromatic rings. The van der Waals surface area contributed by atoms with E-state index in [1.54, 1.807) is 0 Å². The minimum atomic E-state index is 0.711. The lowest BCUT2D eigenvalue weighted by molar-refractivity contribution is 0.474. The van der Waals surface area contributed by atoms with Crippen LogP contribution in [0.3, 0.4) is 0 Å². The molecule has 94 valence electrons. The van der Waals surface area contributed by atoms with E-state index in [1.165, 1.54) is 0 Å². The molecule has 0 amide bonds. The topological polar surface area (TPSA) is 21.3 Å². The van der Waals surface area contributed by atoms with Gasteiger partial charge in [-0.25, -0.2) is 0 Å². The number of halogens is 2. The van der Waals surface area contributed by atoms with Crippen LogP contribution in [0, 0.1) is 0 Å². The zero-order valence-electron chi connectivity index (χ0n) is 9.91. The summed E-state index contributed by atoms with van der Waals surface area (Å²) in [5.74, 6) is 1.62. The van der Waals surface area contributed by atoms with Crippen molar-refractivity contribution in [1.29, 1.82) is 0 Å². The van der Waals surface area contributed by atoms with E-state index < -0.39 is 0 Å². The van der Waals surface area contributed by atoms with Gasteiger partial charge in [0.1, 0.15) is 11.5 Å². The third-order valence-electron chi connectivity index (χ3n) is 2.43. The van der Waals surface area contributed by atoms with Crippen molar-refractivity contribution in [2.45, 2.75) is 6.54 Å². The van der Waals surface area contributed by atoms with Gasteiger partial charge in [-0.2, -0.15) is 0 Å². The molecular formula is C14H13BrClNO. The van der Waals surface area contributed by atoms with Crippen molar-refractivity contribution >= 4 is 27.5 Å². The number of rotatable bonds is 4. The lowest BCUT2D eigenvalue weighted by Crippen LogP contribution is -2.06. The third kappa shape index (κ3) is 3.48. The number of hydrogen-bond acceptors (Lipinski definition) is 2. The number of nitrogens with one attached hydrogen (secondary N) is 1. The van der Waals surface area contributed by atoms with Gasteiger partial charge in [-0.1, -0.05) is 27.5 Å². The van der Waals surface area contributed by atoms with Crippen molar-refractivity contribution in [3.8, 4) is 11.5 Å². The van der Waals surface area contributed by atoms with Gasteiger partial charge in [0.05, 0.1) is 0 Å². The average molecular weight is 327 g/mol. The highest BCUT2D eigenvalue weighted by Crippen LogP contribution is 2.28. The summed E-state index contributed by atoms with van der Waals surface area (Å²) in [6, 6.07) is 13.4. The standard InChI is InChI=1S/C14H13BrClNO/c1-17-9-10-8-12(16)4-7-14(10)18-13-5-2-11(15)3-6-13/h2-8,17H,9H2,1H3. The molecule has 2 nitrogen and oxygen atoms in total. The second-order valence-corrected chi connectivity index (χ2v) is 5.19. The summed E-state index contributed by atoms with van der Waals surface area (Å²) in [7, 11) is 1.89. The van der Waals surface area contributed by atoms with Crippen LogP contribution >= 0.6 is 27.5 Å². The minimum absolute atomic E-state index is 0.711. The maximum Gasteiger partial charge on any atom is 0.132 e. The summed E-state index contributed by atoms with van der Waals surface area (Å²) >= 11 is 9.38. The maximum atomic E-state index is 5.99. The molecule has 0 spiro atoms. The van der Waals surface area contributed by atoms with Gasteiger partial charge >= 0.3 is 0 Å². The van der Waals surface area contributed by atoms with E-state index in [1.807, 2.05) is 49.5 Å². The molecule has 0 atom stereocenters. The molecule has 0 fully saturated rings. The molecule has 2 rings (SSSR count). The van der Waals surface area contributed by atoms with Crippen molar-refractivity contribution in [2.24, 2.45) is 0 Å². The Kier molecular flexibility index (Phi) is 4.64. The van der Waals surface area contributed by atoms with Gasteiger partial charge in [-0.05, 0) is 49.5 Å². The van der Waals surface area contributed by atoms with Gasteiger partial charge in [0.25, 0.3) is 0 Å². The van der Waals surface area contributed by atoms with Crippen LogP contribution in [0.15, 0.2) is 46.9 Å². The van der Waals surface area contributed by atoms with E-state index in [4.69, 9.17) is 16.3 Å². The van der Waals surface area contributed by atoms with E-state index >= 15 is 0 Å². The highest BCUT2D eigenvalue weighted by atomic mass is 79.9. The lowest BCUT2D eigenvalue weighted by Gasteiger charge is -2.11. The molecule has 0 aromatic heterocycles. The molecule has 0 aliphatic carbocycles. The second-order valence-electron chi connectivity index (χ2n) is 3.84. The molecule has 1 N–H and O–H groups in total. The van der Waals surface area contributed by atoms with E-state index in [0.717, 1.165) is 21.5 Å². The fourth-order valence-electron chi connectivity index (χ4n) is 1.61. The Balaban J connectivity index is 2.25. The Morgan fingerprint density at radius 1 is 1.17 bits per heavy atom. The summed E-state index contributed by atoms with van der Waals surface area (Å²) < 4.78 is 6.88. The van der Waals surface area contributed by atoms with Gasteiger partial charge in [0.2, 0.25) is 0 Å². The van der Waals surface area contributed by atoms with Crippen LogP contribution in [-0.2, 0) is 6.54 Å². The molecule has 0 heterocycles. The Bertz CT molecular complexity index is 528. The number of hydrogen-bond donors (Lipinski definition) is 1.